The first kappa shape index (κ1) is 9.90. The summed E-state index contributed by atoms with van der Waals surface area (Å²) in [5, 5.41) is 7.15. The van der Waals surface area contributed by atoms with Crippen LogP contribution in [0.2, 0.25) is 0 Å². The summed E-state index contributed by atoms with van der Waals surface area (Å²) in [7, 11) is 0. The minimum absolute atomic E-state index is 0.181. The molecule has 0 atom stereocenters. The number of alkyl halides is 1. The molecule has 0 aliphatic rings. The summed E-state index contributed by atoms with van der Waals surface area (Å²) < 4.78 is 11.9. The summed E-state index contributed by atoms with van der Waals surface area (Å²) in [6, 6.07) is 8.13. The Balaban J connectivity index is 2.46. The normalized spacial score (nSPS) is 10.0. The van der Waals surface area contributed by atoms with Gasteiger partial charge in [-0.1, -0.05) is 29.8 Å². The molecule has 2 heteroatoms. The molecule has 1 aromatic rings. The number of aryl methyl sites for hydroxylation is 2. The van der Waals surface area contributed by atoms with Crippen LogP contribution in [0.5, 0.6) is 0 Å². The lowest BCUT2D eigenvalue weighted by molar-refractivity contribution is 0.573. The lowest BCUT2D eigenvalue weighted by atomic mass is 10.1. The summed E-state index contributed by atoms with van der Waals surface area (Å²) in [6.07, 6.45) is 1.29. The molecule has 70 valence electrons. The fourth-order valence-electron chi connectivity index (χ4n) is 1.12. The van der Waals surface area contributed by atoms with Crippen LogP contribution >= 0.6 is 0 Å². The minimum Gasteiger partial charge on any atom is -0.307 e. The van der Waals surface area contributed by atoms with Crippen molar-refractivity contribution in [3.8, 4) is 0 Å². The van der Waals surface area contributed by atoms with E-state index in [0.29, 0.717) is 6.42 Å². The van der Waals surface area contributed by atoms with Crippen LogP contribution in [0.1, 0.15) is 17.5 Å². The zero-order chi connectivity index (χ0) is 9.68. The van der Waals surface area contributed by atoms with Crippen molar-refractivity contribution in [2.24, 2.45) is 0 Å². The number of nitrogens with one attached hydrogen (secondary N) is 1. The maximum absolute atomic E-state index is 11.9. The van der Waals surface area contributed by atoms with Gasteiger partial charge < -0.3 is 5.41 Å². The van der Waals surface area contributed by atoms with Crippen LogP contribution in [0.15, 0.2) is 24.3 Å². The molecule has 1 nitrogen and oxygen atoms in total. The molecular formula is C11H14FN. The Hall–Kier alpha value is -1.18. The Morgan fingerprint density at radius 2 is 1.92 bits per heavy atom. The average Bonchev–Trinajstić information content (AvgIpc) is 2.16. The molecule has 0 fully saturated rings. The lowest BCUT2D eigenvalue weighted by Crippen LogP contribution is -2.00. The van der Waals surface area contributed by atoms with Crippen LogP contribution in [0, 0.1) is 12.3 Å². The largest absolute Gasteiger partial charge is 0.307 e. The highest BCUT2D eigenvalue weighted by atomic mass is 19.1. The Bertz CT molecular complexity index is 277. The highest BCUT2D eigenvalue weighted by molar-refractivity contribution is 5.82. The highest BCUT2D eigenvalue weighted by Crippen LogP contribution is 2.06. The monoisotopic (exact) mass is 179 g/mol. The minimum atomic E-state index is -0.619. The van der Waals surface area contributed by atoms with Crippen molar-refractivity contribution in [2.45, 2.75) is 19.8 Å². The van der Waals surface area contributed by atoms with Crippen molar-refractivity contribution in [3.05, 3.63) is 35.4 Å². The molecule has 0 aromatic heterocycles. The van der Waals surface area contributed by atoms with E-state index in [0.717, 1.165) is 6.42 Å². The predicted molar refractivity (Wildman–Crippen MR) is 53.2 cm³/mol. The van der Waals surface area contributed by atoms with E-state index >= 15 is 0 Å². The molecule has 0 aliphatic carbocycles. The molecule has 0 saturated carbocycles. The van der Waals surface area contributed by atoms with Gasteiger partial charge in [-0.15, -0.1) is 0 Å². The third-order valence-corrected chi connectivity index (χ3v) is 2.00. The SMILES string of the molecule is Cc1ccc(CCC(=N)CF)cc1. The van der Waals surface area contributed by atoms with Crippen molar-refractivity contribution in [3.63, 3.8) is 0 Å². The van der Waals surface area contributed by atoms with E-state index in [1.807, 2.05) is 31.2 Å². The smallest absolute Gasteiger partial charge is 0.127 e. The Morgan fingerprint density at radius 1 is 1.31 bits per heavy atom. The van der Waals surface area contributed by atoms with Crippen LogP contribution in [-0.4, -0.2) is 12.4 Å². The fraction of sp³-hybridized carbons (Fsp3) is 0.364. The number of rotatable bonds is 4. The van der Waals surface area contributed by atoms with Gasteiger partial charge in [0.2, 0.25) is 0 Å². The lowest BCUT2D eigenvalue weighted by Gasteiger charge is -2.01. The van der Waals surface area contributed by atoms with Crippen LogP contribution in [0.3, 0.4) is 0 Å². The third kappa shape index (κ3) is 3.36. The Labute approximate surface area is 78.1 Å². The second-order valence-corrected chi connectivity index (χ2v) is 3.22. The highest BCUT2D eigenvalue weighted by Gasteiger charge is 1.97. The molecule has 1 rings (SSSR count). The van der Waals surface area contributed by atoms with Crippen LogP contribution in [0.25, 0.3) is 0 Å². The number of halogens is 1. The zero-order valence-corrected chi connectivity index (χ0v) is 7.81. The Kier molecular flexibility index (Phi) is 3.62. The first-order valence-electron chi connectivity index (χ1n) is 4.40. The Morgan fingerprint density at radius 3 is 2.46 bits per heavy atom. The molecule has 0 radical (unpaired) electrons. The second-order valence-electron chi connectivity index (χ2n) is 3.22. The van der Waals surface area contributed by atoms with Crippen LogP contribution in [-0.2, 0) is 6.42 Å². The fourth-order valence-corrected chi connectivity index (χ4v) is 1.12. The maximum atomic E-state index is 11.9. The van der Waals surface area contributed by atoms with Gasteiger partial charge >= 0.3 is 0 Å². The van der Waals surface area contributed by atoms with Crippen LogP contribution < -0.4 is 0 Å². The number of hydrogen-bond donors (Lipinski definition) is 1. The standard InChI is InChI=1S/C11H14FN/c1-9-2-4-10(5-3-9)6-7-11(13)8-12/h2-5,13H,6-8H2,1H3. The van der Waals surface area contributed by atoms with Crippen molar-refractivity contribution in [2.75, 3.05) is 6.67 Å². The third-order valence-electron chi connectivity index (χ3n) is 2.00. The molecule has 1 N–H and O–H groups in total. The van der Waals surface area contributed by atoms with E-state index in [4.69, 9.17) is 5.41 Å². The van der Waals surface area contributed by atoms with Gasteiger partial charge in [-0.2, -0.15) is 0 Å². The summed E-state index contributed by atoms with van der Waals surface area (Å²) in [4.78, 5) is 0. The van der Waals surface area contributed by atoms with Gasteiger partial charge in [0.05, 0.1) is 0 Å². The predicted octanol–water partition coefficient (Wildman–Crippen LogP) is 2.92. The molecule has 0 spiro atoms. The van der Waals surface area contributed by atoms with Crippen molar-refractivity contribution < 1.29 is 4.39 Å². The number of hydrogen-bond acceptors (Lipinski definition) is 1. The molecule has 1 aromatic carbocycles. The molecule has 0 saturated heterocycles. The van der Waals surface area contributed by atoms with Crippen molar-refractivity contribution >= 4 is 5.71 Å². The van der Waals surface area contributed by atoms with Crippen LogP contribution in [0.4, 0.5) is 4.39 Å². The summed E-state index contributed by atoms with van der Waals surface area (Å²) >= 11 is 0. The topological polar surface area (TPSA) is 23.9 Å². The van der Waals surface area contributed by atoms with Crippen molar-refractivity contribution in [1.82, 2.24) is 0 Å². The van der Waals surface area contributed by atoms with Crippen molar-refractivity contribution in [1.29, 1.82) is 5.41 Å². The first-order valence-corrected chi connectivity index (χ1v) is 4.40. The quantitative estimate of drug-likeness (QED) is 0.687. The molecule has 0 aliphatic heterocycles. The molecule has 0 unspecified atom stereocenters. The molecule has 13 heavy (non-hydrogen) atoms. The molecule has 0 amide bonds. The van der Waals surface area contributed by atoms with E-state index in [1.165, 1.54) is 11.1 Å². The van der Waals surface area contributed by atoms with Gasteiger partial charge in [-0.25, -0.2) is 4.39 Å². The first-order chi connectivity index (χ1) is 6.22. The molecular weight excluding hydrogens is 165 g/mol. The van der Waals surface area contributed by atoms with E-state index < -0.39 is 6.67 Å². The molecule has 0 heterocycles. The van der Waals surface area contributed by atoms with E-state index in [1.54, 1.807) is 0 Å². The van der Waals surface area contributed by atoms with Gasteiger partial charge in [0.15, 0.2) is 0 Å². The number of benzene rings is 1. The summed E-state index contributed by atoms with van der Waals surface area (Å²) in [5.74, 6) is 0. The van der Waals surface area contributed by atoms with Gasteiger partial charge in [0.25, 0.3) is 0 Å². The van der Waals surface area contributed by atoms with E-state index in [-0.39, 0.29) is 5.71 Å². The van der Waals surface area contributed by atoms with Gasteiger partial charge in [-0.3, -0.25) is 0 Å². The van der Waals surface area contributed by atoms with Gasteiger partial charge in [-0.05, 0) is 25.3 Å². The second kappa shape index (κ2) is 4.75. The van der Waals surface area contributed by atoms with Gasteiger partial charge in [0.1, 0.15) is 6.67 Å². The van der Waals surface area contributed by atoms with E-state index in [9.17, 15) is 4.39 Å². The zero-order valence-electron chi connectivity index (χ0n) is 7.81. The van der Waals surface area contributed by atoms with Gasteiger partial charge in [0, 0.05) is 5.71 Å². The summed E-state index contributed by atoms with van der Waals surface area (Å²) in [5.41, 5.74) is 2.58. The van der Waals surface area contributed by atoms with E-state index in [2.05, 4.69) is 0 Å². The maximum Gasteiger partial charge on any atom is 0.127 e. The summed E-state index contributed by atoms with van der Waals surface area (Å²) in [6.45, 7) is 1.42. The molecule has 0 bridgehead atoms. The average molecular weight is 179 g/mol.